The van der Waals surface area contributed by atoms with E-state index in [1.165, 1.54) is 0 Å². The highest BCUT2D eigenvalue weighted by molar-refractivity contribution is 9.10. The van der Waals surface area contributed by atoms with Gasteiger partial charge in [-0.25, -0.2) is 0 Å². The van der Waals surface area contributed by atoms with Crippen LogP contribution in [0.5, 0.6) is 5.75 Å². The number of amides is 1. The summed E-state index contributed by atoms with van der Waals surface area (Å²) in [5, 5.41) is 9.01. The monoisotopic (exact) mass is 415 g/mol. The summed E-state index contributed by atoms with van der Waals surface area (Å²) in [4.78, 5) is 28.9. The maximum Gasteiger partial charge on any atom is 0.266 e. The van der Waals surface area contributed by atoms with Gasteiger partial charge in [-0.15, -0.1) is 0 Å². The Hall–Kier alpha value is -2.59. The number of benzene rings is 1. The van der Waals surface area contributed by atoms with Crippen molar-refractivity contribution in [1.29, 1.82) is 5.26 Å². The number of carbonyl (C=O) groups is 1. The number of rotatable bonds is 4. The summed E-state index contributed by atoms with van der Waals surface area (Å²) in [5.41, 5.74) is 2.33. The summed E-state index contributed by atoms with van der Waals surface area (Å²) in [6, 6.07) is 9.21. The lowest BCUT2D eigenvalue weighted by molar-refractivity contribution is -0.132. The summed E-state index contributed by atoms with van der Waals surface area (Å²) in [5.74, 6) is 0.809. The fourth-order valence-electron chi connectivity index (χ4n) is 3.15. The van der Waals surface area contributed by atoms with Gasteiger partial charge in [-0.2, -0.15) is 5.26 Å². The standard InChI is InChI=1S/C19H18BrN3O3/c1-26-17-4-3-15(20)9-12(17)2-5-18(24)23-7-6-16-14(11-23)8-13(10-21)19(25)22-16/h3-4,8-9H,2,5-7,11H2,1H3,(H,22,25). The number of hydrogen-bond donors (Lipinski definition) is 1. The van der Waals surface area contributed by atoms with Crippen molar-refractivity contribution in [3.63, 3.8) is 0 Å². The van der Waals surface area contributed by atoms with Crippen LogP contribution >= 0.6 is 15.9 Å². The van der Waals surface area contributed by atoms with Crippen LogP contribution in [0.1, 0.15) is 28.8 Å². The molecule has 3 rings (SSSR count). The molecule has 0 unspecified atom stereocenters. The van der Waals surface area contributed by atoms with Gasteiger partial charge in [0.1, 0.15) is 17.4 Å². The first kappa shape index (κ1) is 18.2. The molecule has 0 saturated heterocycles. The minimum absolute atomic E-state index is 0.0439. The molecule has 0 radical (unpaired) electrons. The van der Waals surface area contributed by atoms with Crippen LogP contribution in [0.4, 0.5) is 0 Å². The molecule has 6 nitrogen and oxygen atoms in total. The highest BCUT2D eigenvalue weighted by Gasteiger charge is 2.22. The molecule has 26 heavy (non-hydrogen) atoms. The number of ether oxygens (including phenoxy) is 1. The smallest absolute Gasteiger partial charge is 0.266 e. The predicted octanol–water partition coefficient (Wildman–Crippen LogP) is 2.54. The van der Waals surface area contributed by atoms with Gasteiger partial charge in [0.15, 0.2) is 0 Å². The molecule has 0 bridgehead atoms. The van der Waals surface area contributed by atoms with Crippen molar-refractivity contribution in [3.8, 4) is 11.8 Å². The molecule has 0 fully saturated rings. The zero-order chi connectivity index (χ0) is 18.7. The first-order valence-electron chi connectivity index (χ1n) is 8.27. The minimum Gasteiger partial charge on any atom is -0.496 e. The molecule has 1 aromatic heterocycles. The Morgan fingerprint density at radius 3 is 2.96 bits per heavy atom. The highest BCUT2D eigenvalue weighted by atomic mass is 79.9. The summed E-state index contributed by atoms with van der Waals surface area (Å²) in [6.45, 7) is 0.971. The number of hydrogen-bond acceptors (Lipinski definition) is 4. The van der Waals surface area contributed by atoms with Crippen LogP contribution in [0, 0.1) is 11.3 Å². The number of aromatic amines is 1. The number of nitrogens with one attached hydrogen (secondary N) is 1. The number of nitrogens with zero attached hydrogens (tertiary/aromatic N) is 2. The first-order valence-corrected chi connectivity index (χ1v) is 9.06. The molecule has 1 N–H and O–H groups in total. The first-order chi connectivity index (χ1) is 12.5. The molecule has 0 spiro atoms. The molecule has 7 heteroatoms. The van der Waals surface area contributed by atoms with E-state index >= 15 is 0 Å². The number of aromatic nitrogens is 1. The van der Waals surface area contributed by atoms with Gasteiger partial charge in [0.05, 0.1) is 7.11 Å². The van der Waals surface area contributed by atoms with Crippen molar-refractivity contribution < 1.29 is 9.53 Å². The molecule has 2 heterocycles. The zero-order valence-electron chi connectivity index (χ0n) is 14.3. The van der Waals surface area contributed by atoms with Crippen LogP contribution < -0.4 is 10.3 Å². The number of carbonyl (C=O) groups excluding carboxylic acids is 1. The lowest BCUT2D eigenvalue weighted by Gasteiger charge is -2.28. The van der Waals surface area contributed by atoms with E-state index in [1.807, 2.05) is 24.3 Å². The van der Waals surface area contributed by atoms with Crippen molar-refractivity contribution in [2.24, 2.45) is 0 Å². The average molecular weight is 416 g/mol. The molecular formula is C19H18BrN3O3. The Kier molecular flexibility index (Phi) is 5.43. The number of pyridine rings is 1. The SMILES string of the molecule is COc1ccc(Br)cc1CCC(=O)N1CCc2[nH]c(=O)c(C#N)cc2C1. The Labute approximate surface area is 159 Å². The van der Waals surface area contributed by atoms with Crippen LogP contribution in [-0.2, 0) is 24.2 Å². The second-order valence-electron chi connectivity index (χ2n) is 6.15. The largest absolute Gasteiger partial charge is 0.496 e. The second kappa shape index (κ2) is 7.75. The highest BCUT2D eigenvalue weighted by Crippen LogP contribution is 2.25. The van der Waals surface area contributed by atoms with E-state index in [2.05, 4.69) is 20.9 Å². The summed E-state index contributed by atoms with van der Waals surface area (Å²) in [6.07, 6.45) is 1.54. The van der Waals surface area contributed by atoms with Gasteiger partial charge in [-0.1, -0.05) is 15.9 Å². The Morgan fingerprint density at radius 2 is 2.23 bits per heavy atom. The fraction of sp³-hybridized carbons (Fsp3) is 0.316. The van der Waals surface area contributed by atoms with E-state index < -0.39 is 0 Å². The van der Waals surface area contributed by atoms with Crippen LogP contribution in [0.3, 0.4) is 0 Å². The molecule has 134 valence electrons. The molecule has 0 saturated carbocycles. The van der Waals surface area contributed by atoms with E-state index in [0.29, 0.717) is 32.4 Å². The van der Waals surface area contributed by atoms with E-state index in [-0.39, 0.29) is 17.0 Å². The molecule has 1 amide bonds. The van der Waals surface area contributed by atoms with E-state index in [9.17, 15) is 9.59 Å². The quantitative estimate of drug-likeness (QED) is 0.830. The maximum atomic E-state index is 12.6. The van der Waals surface area contributed by atoms with Crippen molar-refractivity contribution in [3.05, 3.63) is 61.5 Å². The van der Waals surface area contributed by atoms with Gasteiger partial charge in [0, 0.05) is 36.1 Å². The van der Waals surface area contributed by atoms with Crippen LogP contribution in [0.15, 0.2) is 33.5 Å². The third-order valence-corrected chi connectivity index (χ3v) is 5.03. The van der Waals surface area contributed by atoms with Gasteiger partial charge >= 0.3 is 0 Å². The number of nitriles is 1. The fourth-order valence-corrected chi connectivity index (χ4v) is 3.55. The third kappa shape index (κ3) is 3.81. The van der Waals surface area contributed by atoms with Crippen molar-refractivity contribution in [2.45, 2.75) is 25.8 Å². The summed E-state index contributed by atoms with van der Waals surface area (Å²) < 4.78 is 6.30. The number of fused-ring (bicyclic) bond motifs is 1. The topological polar surface area (TPSA) is 86.2 Å². The van der Waals surface area contributed by atoms with Crippen molar-refractivity contribution in [2.75, 3.05) is 13.7 Å². The molecule has 0 aliphatic carbocycles. The Balaban J connectivity index is 1.70. The summed E-state index contributed by atoms with van der Waals surface area (Å²) in [7, 11) is 1.61. The van der Waals surface area contributed by atoms with Crippen LogP contribution in [0.25, 0.3) is 0 Å². The maximum absolute atomic E-state index is 12.6. The van der Waals surface area contributed by atoms with Crippen molar-refractivity contribution in [1.82, 2.24) is 9.88 Å². The minimum atomic E-state index is -0.368. The second-order valence-corrected chi connectivity index (χ2v) is 7.06. The number of aryl methyl sites for hydroxylation is 1. The Morgan fingerprint density at radius 1 is 1.42 bits per heavy atom. The average Bonchev–Trinajstić information content (AvgIpc) is 2.65. The lowest BCUT2D eigenvalue weighted by Crippen LogP contribution is -2.37. The lowest BCUT2D eigenvalue weighted by atomic mass is 10.0. The molecule has 1 aromatic carbocycles. The van der Waals surface area contributed by atoms with Gasteiger partial charge in [-0.3, -0.25) is 9.59 Å². The van der Waals surface area contributed by atoms with Gasteiger partial charge in [-0.05, 0) is 41.8 Å². The predicted molar refractivity (Wildman–Crippen MR) is 99.9 cm³/mol. The summed E-state index contributed by atoms with van der Waals surface area (Å²) >= 11 is 3.44. The van der Waals surface area contributed by atoms with Gasteiger partial charge in [0.25, 0.3) is 5.56 Å². The third-order valence-electron chi connectivity index (χ3n) is 4.53. The van der Waals surface area contributed by atoms with Gasteiger partial charge in [0.2, 0.25) is 5.91 Å². The van der Waals surface area contributed by atoms with E-state index in [4.69, 9.17) is 10.00 Å². The zero-order valence-corrected chi connectivity index (χ0v) is 15.9. The van der Waals surface area contributed by atoms with Crippen LogP contribution in [-0.4, -0.2) is 29.4 Å². The van der Waals surface area contributed by atoms with E-state index in [0.717, 1.165) is 27.0 Å². The molecule has 1 aliphatic rings. The number of halogens is 1. The van der Waals surface area contributed by atoms with Gasteiger partial charge < -0.3 is 14.6 Å². The van der Waals surface area contributed by atoms with E-state index in [1.54, 1.807) is 18.1 Å². The molecule has 2 aromatic rings. The molecule has 0 atom stereocenters. The molecular weight excluding hydrogens is 398 g/mol. The van der Waals surface area contributed by atoms with Crippen molar-refractivity contribution >= 4 is 21.8 Å². The normalized spacial score (nSPS) is 13.0. The molecule has 1 aliphatic heterocycles. The van der Waals surface area contributed by atoms with Crippen LogP contribution in [0.2, 0.25) is 0 Å². The number of methoxy groups -OCH3 is 1. The Bertz CT molecular complexity index is 946. The number of H-pyrrole nitrogens is 1.